The van der Waals surface area contributed by atoms with Gasteiger partial charge in [-0.25, -0.2) is 4.98 Å². The van der Waals surface area contributed by atoms with Crippen LogP contribution in [0.3, 0.4) is 0 Å². The molecule has 0 amide bonds. The molecule has 0 spiro atoms. The number of H-pyrrole nitrogens is 1. The van der Waals surface area contributed by atoms with Crippen LogP contribution >= 0.6 is 0 Å². The van der Waals surface area contributed by atoms with E-state index in [9.17, 15) is 0 Å². The minimum atomic E-state index is 0.587. The number of aromatic amines is 1. The minimum absolute atomic E-state index is 0.587. The first-order valence-corrected chi connectivity index (χ1v) is 8.43. The van der Waals surface area contributed by atoms with Crippen LogP contribution in [0.4, 0.5) is 0 Å². The van der Waals surface area contributed by atoms with Crippen LogP contribution in [0.5, 0.6) is 0 Å². The molecule has 1 atom stereocenters. The van der Waals surface area contributed by atoms with Crippen molar-refractivity contribution in [3.05, 3.63) is 54.1 Å². The molecule has 0 aliphatic rings. The molecule has 0 bridgehead atoms. The van der Waals surface area contributed by atoms with E-state index < -0.39 is 0 Å². The van der Waals surface area contributed by atoms with Gasteiger partial charge < -0.3 is 4.98 Å². The predicted octanol–water partition coefficient (Wildman–Crippen LogP) is 5.49. The minimum Gasteiger partial charge on any atom is -0.349 e. The van der Waals surface area contributed by atoms with Crippen molar-refractivity contribution in [3.63, 3.8) is 0 Å². The highest BCUT2D eigenvalue weighted by molar-refractivity contribution is 5.20. The first-order valence-electron chi connectivity index (χ1n) is 8.43. The number of aromatic nitrogens is 2. The fraction of sp³-hybridized carbons (Fsp3) is 0.526. The van der Waals surface area contributed by atoms with Crippen LogP contribution < -0.4 is 0 Å². The van der Waals surface area contributed by atoms with Crippen molar-refractivity contribution in [2.45, 2.75) is 64.2 Å². The largest absolute Gasteiger partial charge is 0.349 e. The smallest absolute Gasteiger partial charge is 0.106 e. The van der Waals surface area contributed by atoms with Gasteiger partial charge in [-0.2, -0.15) is 0 Å². The van der Waals surface area contributed by atoms with Gasteiger partial charge in [0.1, 0.15) is 5.82 Å². The Hall–Kier alpha value is -1.57. The average Bonchev–Trinajstić information content (AvgIpc) is 3.03. The van der Waals surface area contributed by atoms with Crippen molar-refractivity contribution < 1.29 is 0 Å². The van der Waals surface area contributed by atoms with Crippen LogP contribution in [0.1, 0.15) is 69.2 Å². The van der Waals surface area contributed by atoms with E-state index in [1.165, 1.54) is 50.5 Å². The second kappa shape index (κ2) is 9.38. The zero-order chi connectivity index (χ0) is 14.8. The molecule has 0 aliphatic heterocycles. The number of hydrogen-bond donors (Lipinski definition) is 1. The van der Waals surface area contributed by atoms with Crippen LogP contribution in [0, 0.1) is 0 Å². The van der Waals surface area contributed by atoms with Gasteiger partial charge in [0.15, 0.2) is 0 Å². The molecule has 0 fully saturated rings. The third kappa shape index (κ3) is 5.74. The fourth-order valence-electron chi connectivity index (χ4n) is 2.93. The number of hydrogen-bond acceptors (Lipinski definition) is 1. The summed E-state index contributed by atoms with van der Waals surface area (Å²) in [7, 11) is 0. The predicted molar refractivity (Wildman–Crippen MR) is 89.5 cm³/mol. The van der Waals surface area contributed by atoms with Gasteiger partial charge in [-0.1, -0.05) is 75.8 Å². The summed E-state index contributed by atoms with van der Waals surface area (Å²) in [5, 5.41) is 0. The second-order valence-electron chi connectivity index (χ2n) is 5.90. The normalized spacial score (nSPS) is 12.4. The Balaban J connectivity index is 1.84. The van der Waals surface area contributed by atoms with Crippen molar-refractivity contribution in [3.8, 4) is 0 Å². The maximum absolute atomic E-state index is 4.39. The van der Waals surface area contributed by atoms with Crippen LogP contribution in [0.15, 0.2) is 42.7 Å². The summed E-state index contributed by atoms with van der Waals surface area (Å²) in [6, 6.07) is 10.9. The lowest BCUT2D eigenvalue weighted by atomic mass is 9.90. The summed E-state index contributed by atoms with van der Waals surface area (Å²) in [6.07, 6.45) is 14.2. The number of imidazole rings is 1. The lowest BCUT2D eigenvalue weighted by molar-refractivity contribution is 0.530. The Morgan fingerprint density at radius 3 is 2.48 bits per heavy atom. The number of unbranched alkanes of at least 4 members (excludes halogenated alkanes) is 5. The van der Waals surface area contributed by atoms with Crippen molar-refractivity contribution in [2.75, 3.05) is 0 Å². The van der Waals surface area contributed by atoms with E-state index in [-0.39, 0.29) is 0 Å². The molecule has 1 unspecified atom stereocenters. The highest BCUT2D eigenvalue weighted by Crippen LogP contribution is 2.25. The van der Waals surface area contributed by atoms with Gasteiger partial charge >= 0.3 is 0 Å². The quantitative estimate of drug-likeness (QED) is 0.574. The van der Waals surface area contributed by atoms with E-state index in [0.29, 0.717) is 5.92 Å². The SMILES string of the molecule is CCCCCCCCC(Cc1ncc[nH]1)c1ccccc1. The van der Waals surface area contributed by atoms with Crippen molar-refractivity contribution in [1.82, 2.24) is 9.97 Å². The average molecular weight is 284 g/mol. The lowest BCUT2D eigenvalue weighted by Crippen LogP contribution is -2.04. The molecule has 0 radical (unpaired) electrons. The maximum atomic E-state index is 4.39. The molecule has 0 aliphatic carbocycles. The van der Waals surface area contributed by atoms with E-state index in [1.54, 1.807) is 0 Å². The Morgan fingerprint density at radius 2 is 1.76 bits per heavy atom. The summed E-state index contributed by atoms with van der Waals surface area (Å²) in [6.45, 7) is 2.27. The number of nitrogens with zero attached hydrogens (tertiary/aromatic N) is 1. The molecule has 2 aromatic rings. The zero-order valence-electron chi connectivity index (χ0n) is 13.2. The number of benzene rings is 1. The fourth-order valence-corrected chi connectivity index (χ4v) is 2.93. The molecule has 0 saturated carbocycles. The summed E-state index contributed by atoms with van der Waals surface area (Å²) in [4.78, 5) is 7.64. The molecular weight excluding hydrogens is 256 g/mol. The van der Waals surface area contributed by atoms with Gasteiger partial charge in [-0.3, -0.25) is 0 Å². The van der Waals surface area contributed by atoms with Gasteiger partial charge in [0.25, 0.3) is 0 Å². The molecule has 2 rings (SSSR count). The standard InChI is InChI=1S/C19H28N2/c1-2-3-4-5-6-8-13-18(16-19-20-14-15-21-19)17-11-9-7-10-12-17/h7,9-12,14-15,18H,2-6,8,13,16H2,1H3,(H,20,21). The third-order valence-corrected chi connectivity index (χ3v) is 4.17. The molecule has 1 aromatic carbocycles. The van der Waals surface area contributed by atoms with Gasteiger partial charge in [0.2, 0.25) is 0 Å². The Labute approximate surface area is 129 Å². The zero-order valence-corrected chi connectivity index (χ0v) is 13.2. The van der Waals surface area contributed by atoms with Crippen LogP contribution in [0.2, 0.25) is 0 Å². The van der Waals surface area contributed by atoms with E-state index in [2.05, 4.69) is 47.2 Å². The monoisotopic (exact) mass is 284 g/mol. The van der Waals surface area contributed by atoms with Gasteiger partial charge in [-0.15, -0.1) is 0 Å². The van der Waals surface area contributed by atoms with E-state index >= 15 is 0 Å². The molecule has 1 heterocycles. The maximum Gasteiger partial charge on any atom is 0.106 e. The van der Waals surface area contributed by atoms with Crippen LogP contribution in [-0.2, 0) is 6.42 Å². The Morgan fingerprint density at radius 1 is 1.00 bits per heavy atom. The van der Waals surface area contributed by atoms with Crippen molar-refractivity contribution in [1.29, 1.82) is 0 Å². The topological polar surface area (TPSA) is 28.7 Å². The van der Waals surface area contributed by atoms with Crippen molar-refractivity contribution in [2.24, 2.45) is 0 Å². The Kier molecular flexibility index (Phi) is 7.06. The summed E-state index contributed by atoms with van der Waals surface area (Å²) in [5.74, 6) is 1.69. The molecule has 1 N–H and O–H groups in total. The highest BCUT2D eigenvalue weighted by Gasteiger charge is 2.13. The molecule has 21 heavy (non-hydrogen) atoms. The molecule has 2 nitrogen and oxygen atoms in total. The molecule has 2 heteroatoms. The molecule has 1 aromatic heterocycles. The highest BCUT2D eigenvalue weighted by atomic mass is 14.9. The lowest BCUT2D eigenvalue weighted by Gasteiger charge is -2.16. The van der Waals surface area contributed by atoms with Gasteiger partial charge in [0.05, 0.1) is 0 Å². The summed E-state index contributed by atoms with van der Waals surface area (Å²) >= 11 is 0. The van der Waals surface area contributed by atoms with Crippen LogP contribution in [-0.4, -0.2) is 9.97 Å². The summed E-state index contributed by atoms with van der Waals surface area (Å²) in [5.41, 5.74) is 1.45. The van der Waals surface area contributed by atoms with E-state index in [0.717, 1.165) is 12.2 Å². The molecular formula is C19H28N2. The first kappa shape index (κ1) is 15.8. The number of rotatable bonds is 10. The van der Waals surface area contributed by atoms with Crippen LogP contribution in [0.25, 0.3) is 0 Å². The second-order valence-corrected chi connectivity index (χ2v) is 5.90. The Bertz CT molecular complexity index is 462. The summed E-state index contributed by atoms with van der Waals surface area (Å²) < 4.78 is 0. The van der Waals surface area contributed by atoms with Gasteiger partial charge in [-0.05, 0) is 17.9 Å². The van der Waals surface area contributed by atoms with Gasteiger partial charge in [0, 0.05) is 18.8 Å². The molecule has 114 valence electrons. The third-order valence-electron chi connectivity index (χ3n) is 4.17. The molecule has 0 saturated heterocycles. The number of nitrogens with one attached hydrogen (secondary N) is 1. The van der Waals surface area contributed by atoms with E-state index in [4.69, 9.17) is 0 Å². The first-order chi connectivity index (χ1) is 10.4. The van der Waals surface area contributed by atoms with E-state index in [1.807, 2.05) is 12.4 Å². The van der Waals surface area contributed by atoms with Crippen molar-refractivity contribution >= 4 is 0 Å².